The van der Waals surface area contributed by atoms with E-state index in [2.05, 4.69) is 4.18 Å². The smallest absolute Gasteiger partial charge is 0.389 e. The van der Waals surface area contributed by atoms with Crippen molar-refractivity contribution in [1.82, 2.24) is 0 Å². The van der Waals surface area contributed by atoms with Gasteiger partial charge in [-0.1, -0.05) is 0 Å². The molecule has 1 aromatic carbocycles. The number of halogens is 4. The van der Waals surface area contributed by atoms with E-state index in [0.29, 0.717) is 3.57 Å². The first-order valence-corrected chi connectivity index (χ1v) is 7.01. The lowest BCUT2D eigenvalue weighted by Gasteiger charge is -2.14. The first-order valence-electron chi connectivity index (χ1n) is 4.53. The second kappa shape index (κ2) is 5.21. The maximum atomic E-state index is 12.2. The summed E-state index contributed by atoms with van der Waals surface area (Å²) in [5, 5.41) is 9.37. The average Bonchev–Trinajstić information content (AvgIpc) is 2.18. The minimum atomic E-state index is -5.73. The van der Waals surface area contributed by atoms with Crippen LogP contribution in [0.1, 0.15) is 18.6 Å². The fourth-order valence-electron chi connectivity index (χ4n) is 1.09. The molecule has 1 atom stereocenters. The summed E-state index contributed by atoms with van der Waals surface area (Å²) in [5.74, 6) is -0.539. The van der Waals surface area contributed by atoms with E-state index in [9.17, 15) is 26.7 Å². The van der Waals surface area contributed by atoms with Crippen LogP contribution in [-0.2, 0) is 10.1 Å². The molecule has 1 aromatic rings. The van der Waals surface area contributed by atoms with Crippen molar-refractivity contribution in [2.75, 3.05) is 0 Å². The molecule has 1 rings (SSSR count). The maximum absolute atomic E-state index is 12.2. The Morgan fingerprint density at radius 1 is 1.39 bits per heavy atom. The van der Waals surface area contributed by atoms with Gasteiger partial charge in [-0.2, -0.15) is 21.6 Å². The Labute approximate surface area is 115 Å². The van der Waals surface area contributed by atoms with Gasteiger partial charge in [-0.3, -0.25) is 0 Å². The monoisotopic (exact) mass is 396 g/mol. The van der Waals surface area contributed by atoms with Gasteiger partial charge in [0, 0.05) is 9.13 Å². The largest absolute Gasteiger partial charge is 0.534 e. The Morgan fingerprint density at radius 2 is 1.94 bits per heavy atom. The Balaban J connectivity index is 3.21. The number of hydrogen-bond donors (Lipinski definition) is 1. The standard InChI is InChI=1S/C9H8F3IO4S/c1-5(14)7-4-6(13)2-3-8(7)17-18(15,16)9(10,11)12/h2-5,14H,1H3. The van der Waals surface area contributed by atoms with Crippen LogP contribution in [0.2, 0.25) is 0 Å². The van der Waals surface area contributed by atoms with Crippen molar-refractivity contribution in [3.05, 3.63) is 27.3 Å². The van der Waals surface area contributed by atoms with Crippen LogP contribution in [0, 0.1) is 3.57 Å². The van der Waals surface area contributed by atoms with Crippen LogP contribution in [0.5, 0.6) is 5.75 Å². The number of aliphatic hydroxyl groups excluding tert-OH is 1. The van der Waals surface area contributed by atoms with E-state index in [1.807, 2.05) is 22.6 Å². The van der Waals surface area contributed by atoms with Crippen molar-refractivity contribution < 1.29 is 30.9 Å². The lowest BCUT2D eigenvalue weighted by molar-refractivity contribution is -0.0500. The predicted octanol–water partition coefficient (Wildman–Crippen LogP) is 2.57. The number of alkyl halides is 3. The Hall–Kier alpha value is -0.550. The van der Waals surface area contributed by atoms with Crippen LogP contribution in [0.25, 0.3) is 0 Å². The van der Waals surface area contributed by atoms with Gasteiger partial charge in [0.2, 0.25) is 0 Å². The topological polar surface area (TPSA) is 63.6 Å². The summed E-state index contributed by atoms with van der Waals surface area (Å²) in [7, 11) is -5.73. The molecule has 0 saturated carbocycles. The molecule has 0 aliphatic carbocycles. The highest BCUT2D eigenvalue weighted by Crippen LogP contribution is 2.32. The van der Waals surface area contributed by atoms with E-state index in [-0.39, 0.29) is 5.56 Å². The Bertz CT molecular complexity index is 539. The van der Waals surface area contributed by atoms with Gasteiger partial charge in [0.1, 0.15) is 5.75 Å². The Morgan fingerprint density at radius 3 is 2.39 bits per heavy atom. The van der Waals surface area contributed by atoms with Gasteiger partial charge >= 0.3 is 15.6 Å². The van der Waals surface area contributed by atoms with E-state index in [1.54, 1.807) is 0 Å². The first kappa shape index (κ1) is 15.5. The third-order valence-electron chi connectivity index (χ3n) is 1.90. The quantitative estimate of drug-likeness (QED) is 0.485. The highest BCUT2D eigenvalue weighted by atomic mass is 127. The van der Waals surface area contributed by atoms with E-state index in [1.165, 1.54) is 19.1 Å². The maximum Gasteiger partial charge on any atom is 0.534 e. The van der Waals surface area contributed by atoms with Gasteiger partial charge < -0.3 is 9.29 Å². The highest BCUT2D eigenvalue weighted by Gasteiger charge is 2.48. The molecule has 18 heavy (non-hydrogen) atoms. The number of aliphatic hydroxyl groups is 1. The minimum Gasteiger partial charge on any atom is -0.389 e. The SMILES string of the molecule is CC(O)c1cc(I)ccc1OS(=O)(=O)C(F)(F)F. The van der Waals surface area contributed by atoms with E-state index in [4.69, 9.17) is 0 Å². The van der Waals surface area contributed by atoms with Crippen molar-refractivity contribution in [2.24, 2.45) is 0 Å². The van der Waals surface area contributed by atoms with Crippen molar-refractivity contribution in [1.29, 1.82) is 0 Å². The van der Waals surface area contributed by atoms with Crippen LogP contribution in [0.3, 0.4) is 0 Å². The van der Waals surface area contributed by atoms with E-state index in [0.717, 1.165) is 6.07 Å². The molecule has 1 unspecified atom stereocenters. The van der Waals surface area contributed by atoms with E-state index >= 15 is 0 Å². The fourth-order valence-corrected chi connectivity index (χ4v) is 2.09. The third-order valence-corrected chi connectivity index (χ3v) is 3.54. The van der Waals surface area contributed by atoms with Gasteiger partial charge in [0.25, 0.3) is 0 Å². The van der Waals surface area contributed by atoms with Gasteiger partial charge in [0.15, 0.2) is 0 Å². The van der Waals surface area contributed by atoms with Crippen LogP contribution in [0.15, 0.2) is 18.2 Å². The molecule has 0 aliphatic rings. The molecule has 0 bridgehead atoms. The van der Waals surface area contributed by atoms with Crippen molar-refractivity contribution in [3.63, 3.8) is 0 Å². The van der Waals surface area contributed by atoms with Crippen molar-refractivity contribution in [2.45, 2.75) is 18.5 Å². The number of hydrogen-bond acceptors (Lipinski definition) is 4. The molecule has 0 spiro atoms. The minimum absolute atomic E-state index is 0.0327. The number of rotatable bonds is 3. The lowest BCUT2D eigenvalue weighted by atomic mass is 10.1. The van der Waals surface area contributed by atoms with Gasteiger partial charge in [0.05, 0.1) is 6.10 Å². The molecule has 9 heteroatoms. The zero-order valence-electron chi connectivity index (χ0n) is 8.90. The van der Waals surface area contributed by atoms with E-state index < -0.39 is 27.5 Å². The molecule has 1 N–H and O–H groups in total. The van der Waals surface area contributed by atoms with Crippen LogP contribution in [-0.4, -0.2) is 19.0 Å². The summed E-state index contributed by atoms with van der Waals surface area (Å²) >= 11 is 1.87. The molecule has 0 saturated heterocycles. The molecule has 0 amide bonds. The Kier molecular flexibility index (Phi) is 4.49. The van der Waals surface area contributed by atoms with Crippen LogP contribution < -0.4 is 4.18 Å². The van der Waals surface area contributed by atoms with Crippen LogP contribution >= 0.6 is 22.6 Å². The molecule has 102 valence electrons. The molecule has 0 aliphatic heterocycles. The normalized spacial score (nSPS) is 14.3. The zero-order valence-corrected chi connectivity index (χ0v) is 11.9. The molecule has 0 fully saturated rings. The average molecular weight is 396 g/mol. The predicted molar refractivity (Wildman–Crippen MR) is 65.4 cm³/mol. The van der Waals surface area contributed by atoms with Gasteiger partial charge in [-0.15, -0.1) is 0 Å². The molecule has 4 nitrogen and oxygen atoms in total. The summed E-state index contributed by atoms with van der Waals surface area (Å²) in [4.78, 5) is 0. The summed E-state index contributed by atoms with van der Waals surface area (Å²) in [5.41, 5.74) is -5.54. The number of benzene rings is 1. The molecular weight excluding hydrogens is 388 g/mol. The summed E-state index contributed by atoms with van der Waals surface area (Å²) in [6.45, 7) is 1.29. The lowest BCUT2D eigenvalue weighted by Crippen LogP contribution is -2.28. The fraction of sp³-hybridized carbons (Fsp3) is 0.333. The molecule has 0 aromatic heterocycles. The van der Waals surface area contributed by atoms with Gasteiger partial charge in [-0.05, 0) is 47.7 Å². The van der Waals surface area contributed by atoms with Gasteiger partial charge in [-0.25, -0.2) is 0 Å². The summed E-state index contributed by atoms with van der Waals surface area (Å²) in [6.07, 6.45) is -1.15. The van der Waals surface area contributed by atoms with Crippen molar-refractivity contribution >= 4 is 32.7 Å². The zero-order chi connectivity index (χ0) is 14.1. The molecule has 0 radical (unpaired) electrons. The summed E-state index contributed by atoms with van der Waals surface area (Å²) < 4.78 is 62.8. The molecule has 0 heterocycles. The first-order chi connectivity index (χ1) is 8.04. The second-order valence-electron chi connectivity index (χ2n) is 3.34. The molecular formula is C9H8F3IO4S. The second-order valence-corrected chi connectivity index (χ2v) is 6.12. The third kappa shape index (κ3) is 3.48. The summed E-state index contributed by atoms with van der Waals surface area (Å²) in [6, 6.07) is 3.77. The van der Waals surface area contributed by atoms with Crippen LogP contribution in [0.4, 0.5) is 13.2 Å². The highest BCUT2D eigenvalue weighted by molar-refractivity contribution is 14.1. The van der Waals surface area contributed by atoms with Crippen molar-refractivity contribution in [3.8, 4) is 5.75 Å².